The Kier molecular flexibility index (Phi) is 10.1. The number of anilines is 2. The van der Waals surface area contributed by atoms with Crippen LogP contribution in [0.5, 0.6) is 11.6 Å². The van der Waals surface area contributed by atoms with Crippen LogP contribution in [0.25, 0.3) is 10.3 Å². The number of nitrogens with zero attached hydrogens (tertiary/aromatic N) is 5. The minimum atomic E-state index is -0.708. The number of hydrogen-bond donors (Lipinski definition) is 2. The molecular formula is C32H37N7O3S. The lowest BCUT2D eigenvalue weighted by atomic mass is 9.85. The number of thiazole rings is 1. The van der Waals surface area contributed by atoms with Gasteiger partial charge in [-0.15, -0.1) is 0 Å². The fourth-order valence-corrected chi connectivity index (χ4v) is 5.04. The number of pyridine rings is 1. The number of likely N-dealkylation sites (N-methyl/N-ethyl adjacent to an activating group) is 2. The lowest BCUT2D eigenvalue weighted by Gasteiger charge is -2.21. The van der Waals surface area contributed by atoms with Gasteiger partial charge in [0.15, 0.2) is 5.13 Å². The molecule has 2 aromatic heterocycles. The topological polar surface area (TPSA) is 123 Å². The van der Waals surface area contributed by atoms with E-state index in [-0.39, 0.29) is 18.4 Å². The number of hydrogen-bond acceptors (Lipinski definition) is 9. The highest BCUT2D eigenvalue weighted by Crippen LogP contribution is 2.30. The van der Waals surface area contributed by atoms with E-state index in [4.69, 9.17) is 4.74 Å². The number of fused-ring (bicyclic) bond motifs is 1. The van der Waals surface area contributed by atoms with Crippen LogP contribution in [0.15, 0.2) is 54.6 Å². The van der Waals surface area contributed by atoms with Gasteiger partial charge in [0.2, 0.25) is 11.8 Å². The van der Waals surface area contributed by atoms with Crippen molar-refractivity contribution in [1.82, 2.24) is 19.8 Å². The smallest absolute Gasteiger partial charge is 0.255 e. The van der Waals surface area contributed by atoms with Crippen LogP contribution in [-0.4, -0.2) is 71.9 Å². The highest BCUT2D eigenvalue weighted by Gasteiger charge is 2.21. The third-order valence-corrected chi connectivity index (χ3v) is 7.84. The van der Waals surface area contributed by atoms with Gasteiger partial charge in [-0.3, -0.25) is 14.5 Å². The first-order valence-electron chi connectivity index (χ1n) is 14.0. The summed E-state index contributed by atoms with van der Waals surface area (Å²) in [6.45, 7) is 10.3. The Morgan fingerprint density at radius 1 is 1.05 bits per heavy atom. The van der Waals surface area contributed by atoms with E-state index in [0.717, 1.165) is 30.8 Å². The van der Waals surface area contributed by atoms with Crippen molar-refractivity contribution in [3.8, 4) is 17.7 Å². The van der Waals surface area contributed by atoms with Gasteiger partial charge in [0.05, 0.1) is 18.0 Å². The Hall–Kier alpha value is -4.37. The van der Waals surface area contributed by atoms with Gasteiger partial charge in [0.25, 0.3) is 5.91 Å². The molecular weight excluding hydrogens is 562 g/mol. The molecule has 2 amide bonds. The Morgan fingerprint density at radius 2 is 1.84 bits per heavy atom. The van der Waals surface area contributed by atoms with E-state index >= 15 is 0 Å². The molecule has 10 nitrogen and oxygen atoms in total. The molecule has 2 N–H and O–H groups in total. The van der Waals surface area contributed by atoms with Gasteiger partial charge in [-0.25, -0.2) is 9.97 Å². The molecule has 4 aromatic rings. The number of benzene rings is 2. The van der Waals surface area contributed by atoms with Crippen molar-refractivity contribution in [3.63, 3.8) is 0 Å². The number of carbonyl (C=O) groups excluding carboxylic acids is 2. The number of aryl methyl sites for hydroxylation is 1. The van der Waals surface area contributed by atoms with Gasteiger partial charge in [0, 0.05) is 36.5 Å². The number of nitrogens with one attached hydrogen (secondary N) is 2. The van der Waals surface area contributed by atoms with Crippen molar-refractivity contribution >= 4 is 44.3 Å². The van der Waals surface area contributed by atoms with E-state index in [1.165, 1.54) is 11.3 Å². The van der Waals surface area contributed by atoms with E-state index in [1.54, 1.807) is 42.5 Å². The van der Waals surface area contributed by atoms with Crippen molar-refractivity contribution in [3.05, 3.63) is 71.3 Å². The SMILES string of the molecule is CCN(CCN(C)C)CC(=O)Nc1nc2ccc(Oc3ccc(C)c(NC(=O)c4cccc(C(C)(C)C#N)c4)c3)nc2s1. The average molecular weight is 600 g/mol. The van der Waals surface area contributed by atoms with Crippen molar-refractivity contribution < 1.29 is 14.3 Å². The van der Waals surface area contributed by atoms with Gasteiger partial charge in [0.1, 0.15) is 16.1 Å². The molecule has 4 rings (SSSR count). The molecule has 11 heteroatoms. The molecule has 0 fully saturated rings. The minimum absolute atomic E-state index is 0.120. The summed E-state index contributed by atoms with van der Waals surface area (Å²) in [5.74, 6) is 0.463. The summed E-state index contributed by atoms with van der Waals surface area (Å²) in [6, 6.07) is 18.3. The monoisotopic (exact) mass is 599 g/mol. The zero-order chi connectivity index (χ0) is 31.1. The first-order chi connectivity index (χ1) is 20.5. The lowest BCUT2D eigenvalue weighted by Crippen LogP contribution is -2.37. The van der Waals surface area contributed by atoms with Gasteiger partial charge in [-0.1, -0.05) is 36.5 Å². The predicted molar refractivity (Wildman–Crippen MR) is 171 cm³/mol. The molecule has 224 valence electrons. The number of nitriles is 1. The molecule has 0 bridgehead atoms. The Balaban J connectivity index is 1.43. The molecule has 0 spiro atoms. The first-order valence-corrected chi connectivity index (χ1v) is 14.8. The largest absolute Gasteiger partial charge is 0.439 e. The van der Waals surface area contributed by atoms with Crippen LogP contribution in [0, 0.1) is 18.3 Å². The molecule has 0 unspecified atom stereocenters. The summed E-state index contributed by atoms with van der Waals surface area (Å²) in [5, 5.41) is 15.8. The van der Waals surface area contributed by atoms with Crippen molar-refractivity contribution in [2.75, 3.05) is 50.9 Å². The molecule has 0 radical (unpaired) electrons. The summed E-state index contributed by atoms with van der Waals surface area (Å²) < 4.78 is 6.03. The molecule has 0 aliphatic rings. The summed E-state index contributed by atoms with van der Waals surface area (Å²) >= 11 is 1.28. The summed E-state index contributed by atoms with van der Waals surface area (Å²) in [7, 11) is 4.02. The molecule has 2 heterocycles. The maximum absolute atomic E-state index is 13.1. The maximum Gasteiger partial charge on any atom is 0.255 e. The zero-order valence-electron chi connectivity index (χ0n) is 25.4. The molecule has 0 atom stereocenters. The van der Waals surface area contributed by atoms with Crippen molar-refractivity contribution in [1.29, 1.82) is 5.26 Å². The van der Waals surface area contributed by atoms with Gasteiger partial charge >= 0.3 is 0 Å². The Bertz CT molecular complexity index is 1660. The van der Waals surface area contributed by atoms with Crippen LogP contribution in [0.1, 0.15) is 42.3 Å². The number of aromatic nitrogens is 2. The van der Waals surface area contributed by atoms with Crippen LogP contribution < -0.4 is 15.4 Å². The van der Waals surface area contributed by atoms with Crippen LogP contribution in [0.4, 0.5) is 10.8 Å². The molecule has 0 saturated carbocycles. The number of carbonyl (C=O) groups is 2. The second-order valence-corrected chi connectivity index (χ2v) is 12.0. The molecule has 0 aliphatic heterocycles. The second-order valence-electron chi connectivity index (χ2n) is 11.1. The third-order valence-electron chi connectivity index (χ3n) is 6.96. The van der Waals surface area contributed by atoms with Crippen LogP contribution in [0.3, 0.4) is 0 Å². The van der Waals surface area contributed by atoms with Gasteiger partial charge in [-0.2, -0.15) is 5.26 Å². The van der Waals surface area contributed by atoms with Crippen LogP contribution >= 0.6 is 11.3 Å². The lowest BCUT2D eigenvalue weighted by molar-refractivity contribution is -0.117. The maximum atomic E-state index is 13.1. The third kappa shape index (κ3) is 8.35. The van der Waals surface area contributed by atoms with E-state index in [0.29, 0.717) is 38.4 Å². The summed E-state index contributed by atoms with van der Waals surface area (Å²) in [5.41, 5.74) is 2.65. The van der Waals surface area contributed by atoms with E-state index in [9.17, 15) is 14.9 Å². The van der Waals surface area contributed by atoms with Gasteiger partial charge in [-0.05, 0) is 76.8 Å². The van der Waals surface area contributed by atoms with E-state index < -0.39 is 5.41 Å². The summed E-state index contributed by atoms with van der Waals surface area (Å²) in [6.07, 6.45) is 0. The molecule has 0 saturated heterocycles. The van der Waals surface area contributed by atoms with Crippen LogP contribution in [0.2, 0.25) is 0 Å². The predicted octanol–water partition coefficient (Wildman–Crippen LogP) is 5.67. The average Bonchev–Trinajstić information content (AvgIpc) is 3.38. The quantitative estimate of drug-likeness (QED) is 0.214. The van der Waals surface area contributed by atoms with Crippen LogP contribution in [-0.2, 0) is 10.2 Å². The van der Waals surface area contributed by atoms with Gasteiger partial charge < -0.3 is 20.3 Å². The Morgan fingerprint density at radius 3 is 2.56 bits per heavy atom. The zero-order valence-corrected chi connectivity index (χ0v) is 26.2. The molecule has 0 aliphatic carbocycles. The van der Waals surface area contributed by atoms with Crippen molar-refractivity contribution in [2.45, 2.75) is 33.1 Å². The number of amides is 2. The standard InChI is InChI=1S/C32H37N7O3S/c1-7-39(16-15-38(5)6)19-27(40)36-31-35-25-13-14-28(37-30(25)43-31)42-24-12-11-21(2)26(18-24)34-29(41)22-9-8-10-23(17-22)32(3,4)20-33/h8-14,17-18H,7,15-16,19H2,1-6H3,(H,34,41)(H,35,36,40). The number of rotatable bonds is 12. The minimum Gasteiger partial charge on any atom is -0.439 e. The highest BCUT2D eigenvalue weighted by molar-refractivity contribution is 7.21. The molecule has 43 heavy (non-hydrogen) atoms. The summed E-state index contributed by atoms with van der Waals surface area (Å²) in [4.78, 5) is 39.6. The molecule has 2 aromatic carbocycles. The van der Waals surface area contributed by atoms with E-state index in [2.05, 4.69) is 36.5 Å². The fourth-order valence-electron chi connectivity index (χ4n) is 4.19. The fraction of sp³-hybridized carbons (Fsp3) is 0.344. The first kappa shape index (κ1) is 31.6. The van der Waals surface area contributed by atoms with E-state index in [1.807, 2.05) is 53.9 Å². The normalized spacial score (nSPS) is 11.5. The highest BCUT2D eigenvalue weighted by atomic mass is 32.1. The Labute approximate surface area is 256 Å². The number of ether oxygens (including phenoxy) is 1. The second kappa shape index (κ2) is 13.7. The van der Waals surface area contributed by atoms with Crippen molar-refractivity contribution in [2.24, 2.45) is 0 Å².